The first kappa shape index (κ1) is 42.1. The number of hydrogen-bond donors (Lipinski definition) is 3. The third kappa shape index (κ3) is 12.4. The van der Waals surface area contributed by atoms with Crippen LogP contribution in [0.1, 0.15) is 114 Å². The zero-order valence-electron chi connectivity index (χ0n) is 31.9. The number of thiazole rings is 1. The Bertz CT molecular complexity index is 1400. The zero-order chi connectivity index (χ0) is 37.7. The Hall–Kier alpha value is -3.35. The van der Waals surface area contributed by atoms with Gasteiger partial charge in [-0.25, -0.2) is 4.98 Å². The van der Waals surface area contributed by atoms with Crippen LogP contribution in [0.15, 0.2) is 35.7 Å². The number of carboxylic acid groups (broad SMARTS) is 1. The zero-order valence-corrected chi connectivity index (χ0v) is 32.7. The highest BCUT2D eigenvalue weighted by atomic mass is 32.1. The number of nitrogens with zero attached hydrogens (tertiary/aromatic N) is 3. The van der Waals surface area contributed by atoms with Crippen molar-refractivity contribution in [3.8, 4) is 0 Å². The van der Waals surface area contributed by atoms with E-state index in [2.05, 4.69) is 29.4 Å². The standard InChI is InChI=1S/C39H61N5O6S/c1-9-20-50-33(37-41-30(24-51-37)35(45)40-29(21-27(6)39(48)49)22-28-16-12-11-13-17-28)23-32(25(3)4)44(8)38(47)34(26(5)10-2)42-36(46)31-18-14-15-19-43(31)7/h11-13,16-17,24-27,29,31-34H,9-10,14-15,18-23H2,1-8H3,(H,40,45)(H,42,46)(H,48,49)/t26?,27-,29+,31+,32+,33+,34-/m0/s1. The predicted molar refractivity (Wildman–Crippen MR) is 202 cm³/mol. The summed E-state index contributed by atoms with van der Waals surface area (Å²) in [6.45, 7) is 13.2. The van der Waals surface area contributed by atoms with Gasteiger partial charge in [0.2, 0.25) is 11.8 Å². The topological polar surface area (TPSA) is 141 Å². The highest BCUT2D eigenvalue weighted by Gasteiger charge is 2.37. The van der Waals surface area contributed by atoms with Crippen LogP contribution in [0.3, 0.4) is 0 Å². The minimum Gasteiger partial charge on any atom is -0.481 e. The van der Waals surface area contributed by atoms with Crippen molar-refractivity contribution in [3.05, 3.63) is 52.0 Å². The Balaban J connectivity index is 1.80. The number of hydrogen-bond acceptors (Lipinski definition) is 8. The van der Waals surface area contributed by atoms with E-state index in [-0.39, 0.29) is 53.8 Å². The Morgan fingerprint density at radius 3 is 2.37 bits per heavy atom. The largest absolute Gasteiger partial charge is 0.481 e. The molecule has 51 heavy (non-hydrogen) atoms. The molecule has 3 amide bonds. The van der Waals surface area contributed by atoms with E-state index >= 15 is 0 Å². The Kier molecular flexibility index (Phi) is 17.0. The number of aliphatic carboxylic acids is 1. The number of carboxylic acids is 1. The average Bonchev–Trinajstić information content (AvgIpc) is 3.60. The van der Waals surface area contributed by atoms with Crippen LogP contribution in [-0.2, 0) is 25.5 Å². The quantitative estimate of drug-likeness (QED) is 0.152. The normalized spacial score (nSPS) is 18.6. The molecule has 2 heterocycles. The fraction of sp³-hybridized carbons (Fsp3) is 0.667. The van der Waals surface area contributed by atoms with Gasteiger partial charge in [-0.3, -0.25) is 24.1 Å². The van der Waals surface area contributed by atoms with Crippen LogP contribution in [0.25, 0.3) is 0 Å². The molecule has 11 nitrogen and oxygen atoms in total. The van der Waals surface area contributed by atoms with Gasteiger partial charge in [0, 0.05) is 37.5 Å². The second-order valence-electron chi connectivity index (χ2n) is 14.6. The van der Waals surface area contributed by atoms with Gasteiger partial charge in [0.15, 0.2) is 0 Å². The molecule has 0 spiro atoms. The highest BCUT2D eigenvalue weighted by Crippen LogP contribution is 2.31. The Morgan fingerprint density at radius 1 is 1.06 bits per heavy atom. The maximum atomic E-state index is 14.2. The number of carbonyl (C=O) groups is 4. The van der Waals surface area contributed by atoms with Crippen LogP contribution in [0.4, 0.5) is 0 Å². The predicted octanol–water partition coefficient (Wildman–Crippen LogP) is 5.95. The second kappa shape index (κ2) is 20.6. The number of carbonyl (C=O) groups excluding carboxylic acids is 3. The lowest BCUT2D eigenvalue weighted by Crippen LogP contribution is -2.58. The molecule has 284 valence electrons. The number of rotatable bonds is 20. The van der Waals surface area contributed by atoms with Crippen LogP contribution in [0.5, 0.6) is 0 Å². The van der Waals surface area contributed by atoms with Crippen molar-refractivity contribution in [2.24, 2.45) is 17.8 Å². The first-order valence-electron chi connectivity index (χ1n) is 18.7. The van der Waals surface area contributed by atoms with E-state index in [1.165, 1.54) is 11.3 Å². The number of likely N-dealkylation sites (tertiary alicyclic amines) is 1. The van der Waals surface area contributed by atoms with Gasteiger partial charge in [-0.2, -0.15) is 0 Å². The van der Waals surface area contributed by atoms with Gasteiger partial charge < -0.3 is 25.4 Å². The van der Waals surface area contributed by atoms with Crippen molar-refractivity contribution < 1.29 is 29.0 Å². The summed E-state index contributed by atoms with van der Waals surface area (Å²) in [7, 11) is 3.78. The number of likely N-dealkylation sites (N-methyl/N-ethyl adjacent to an activating group) is 2. The number of benzene rings is 1. The molecule has 1 fully saturated rings. The van der Waals surface area contributed by atoms with Gasteiger partial charge in [-0.15, -0.1) is 11.3 Å². The smallest absolute Gasteiger partial charge is 0.306 e. The highest BCUT2D eigenvalue weighted by molar-refractivity contribution is 7.09. The first-order chi connectivity index (χ1) is 24.3. The van der Waals surface area contributed by atoms with Crippen LogP contribution in [-0.4, -0.2) is 95.0 Å². The molecule has 3 rings (SSSR count). The maximum Gasteiger partial charge on any atom is 0.306 e. The van der Waals surface area contributed by atoms with Crippen molar-refractivity contribution >= 4 is 35.0 Å². The monoisotopic (exact) mass is 727 g/mol. The number of aromatic nitrogens is 1. The molecular weight excluding hydrogens is 667 g/mol. The molecule has 1 aliphatic rings. The van der Waals surface area contributed by atoms with Crippen LogP contribution in [0, 0.1) is 17.8 Å². The molecule has 12 heteroatoms. The average molecular weight is 728 g/mol. The van der Waals surface area contributed by atoms with E-state index in [9.17, 15) is 24.3 Å². The summed E-state index contributed by atoms with van der Waals surface area (Å²) in [5.74, 6) is -2.11. The van der Waals surface area contributed by atoms with Crippen molar-refractivity contribution in [2.45, 2.75) is 123 Å². The molecule has 7 atom stereocenters. The minimum absolute atomic E-state index is 0.0537. The van der Waals surface area contributed by atoms with Crippen LogP contribution < -0.4 is 10.6 Å². The summed E-state index contributed by atoms with van der Waals surface area (Å²) in [6.07, 6.45) is 5.16. The summed E-state index contributed by atoms with van der Waals surface area (Å²) < 4.78 is 6.34. The van der Waals surface area contributed by atoms with E-state index < -0.39 is 30.1 Å². The van der Waals surface area contributed by atoms with Gasteiger partial charge in [0.25, 0.3) is 5.91 Å². The molecule has 1 aromatic heterocycles. The van der Waals surface area contributed by atoms with Gasteiger partial charge in [0.05, 0.1) is 12.0 Å². The third-order valence-electron chi connectivity index (χ3n) is 10.2. The van der Waals surface area contributed by atoms with Crippen LogP contribution in [0.2, 0.25) is 0 Å². The molecule has 1 aromatic carbocycles. The first-order valence-corrected chi connectivity index (χ1v) is 19.6. The molecule has 1 unspecified atom stereocenters. The van der Waals surface area contributed by atoms with Gasteiger partial charge in [0.1, 0.15) is 22.8 Å². The lowest BCUT2D eigenvalue weighted by molar-refractivity contribution is -0.141. The fourth-order valence-corrected chi connectivity index (χ4v) is 7.60. The third-order valence-corrected chi connectivity index (χ3v) is 11.1. The lowest BCUT2D eigenvalue weighted by atomic mass is 9.92. The van der Waals surface area contributed by atoms with Crippen molar-refractivity contribution in [1.82, 2.24) is 25.4 Å². The summed E-state index contributed by atoms with van der Waals surface area (Å²) in [5.41, 5.74) is 1.25. The summed E-state index contributed by atoms with van der Waals surface area (Å²) >= 11 is 1.34. The van der Waals surface area contributed by atoms with E-state index in [1.807, 2.05) is 65.2 Å². The minimum atomic E-state index is -0.910. The summed E-state index contributed by atoms with van der Waals surface area (Å²) in [4.78, 5) is 61.4. The molecule has 1 saturated heterocycles. The molecule has 0 bridgehead atoms. The lowest BCUT2D eigenvalue weighted by Gasteiger charge is -2.38. The van der Waals surface area contributed by atoms with Crippen molar-refractivity contribution in [3.63, 3.8) is 0 Å². The van der Waals surface area contributed by atoms with Gasteiger partial charge >= 0.3 is 5.97 Å². The molecule has 3 N–H and O–H groups in total. The van der Waals surface area contributed by atoms with E-state index in [0.717, 1.165) is 44.2 Å². The van der Waals surface area contributed by atoms with E-state index in [4.69, 9.17) is 9.72 Å². The Morgan fingerprint density at radius 2 is 1.76 bits per heavy atom. The second-order valence-corrected chi connectivity index (χ2v) is 15.5. The number of ether oxygens (including phenoxy) is 1. The van der Waals surface area contributed by atoms with E-state index in [0.29, 0.717) is 24.5 Å². The number of amides is 3. The molecule has 1 aliphatic heterocycles. The number of nitrogens with one attached hydrogen (secondary N) is 2. The maximum absolute atomic E-state index is 14.2. The molecule has 0 saturated carbocycles. The van der Waals surface area contributed by atoms with Gasteiger partial charge in [-0.1, -0.05) is 84.7 Å². The molecular formula is C39H61N5O6S. The summed E-state index contributed by atoms with van der Waals surface area (Å²) in [5, 5.41) is 18.1. The Labute approximate surface area is 308 Å². The SMILES string of the molecule is CCCO[C@H](C[C@H](C(C)C)N(C)C(=O)[C@@H](NC(=O)[C@H]1CCCCN1C)C(C)CC)c1nc(C(=O)N[C@@H](Cc2ccccc2)C[C@H](C)C(=O)O)cs1. The summed E-state index contributed by atoms with van der Waals surface area (Å²) in [6, 6.07) is 8.17. The molecule has 0 aliphatic carbocycles. The van der Waals surface area contributed by atoms with Crippen LogP contribution >= 0.6 is 11.3 Å². The molecule has 2 aromatic rings. The van der Waals surface area contributed by atoms with Crippen molar-refractivity contribution in [1.29, 1.82) is 0 Å². The van der Waals surface area contributed by atoms with Crippen molar-refractivity contribution in [2.75, 3.05) is 27.2 Å². The number of piperidine rings is 1. The molecule has 0 radical (unpaired) electrons. The fourth-order valence-electron chi connectivity index (χ4n) is 6.74. The van der Waals surface area contributed by atoms with E-state index in [1.54, 1.807) is 17.2 Å². The van der Waals surface area contributed by atoms with Gasteiger partial charge in [-0.05, 0) is 63.1 Å².